The monoisotopic (exact) mass is 118 g/mol. The molecule has 0 amide bonds. The molecule has 2 nitrogen and oxygen atoms in total. The van der Waals surface area contributed by atoms with Crippen LogP contribution >= 0.6 is 11.6 Å². The molecule has 0 spiro atoms. The lowest BCUT2D eigenvalue weighted by atomic mass is 10.4. The number of halogens is 1. The summed E-state index contributed by atoms with van der Waals surface area (Å²) in [4.78, 5) is 0. The van der Waals surface area contributed by atoms with Crippen LogP contribution in [0.2, 0.25) is 0 Å². The van der Waals surface area contributed by atoms with Gasteiger partial charge in [0.2, 0.25) is 0 Å². The molecule has 0 rings (SSSR count). The van der Waals surface area contributed by atoms with Crippen molar-refractivity contribution in [3.05, 3.63) is 10.7 Å². The Morgan fingerprint density at radius 1 is 1.86 bits per heavy atom. The van der Waals surface area contributed by atoms with Crippen LogP contribution in [0.4, 0.5) is 0 Å². The molecule has 0 saturated heterocycles. The predicted octanol–water partition coefficient (Wildman–Crippen LogP) is 1.06. The van der Waals surface area contributed by atoms with Crippen LogP contribution in [0.15, 0.2) is 10.7 Å². The summed E-state index contributed by atoms with van der Waals surface area (Å²) >= 11 is 5.23. The molecule has 0 aliphatic carbocycles. The largest absolute Gasteiger partial charge is 0.389 e. The molecule has 0 heterocycles. The Kier molecular flexibility index (Phi) is 2.45. The molecule has 0 saturated carbocycles. The third kappa shape index (κ3) is 2.23. The van der Waals surface area contributed by atoms with Crippen molar-refractivity contribution in [1.29, 1.82) is 5.41 Å². The molecule has 0 atom stereocenters. The molecule has 0 radical (unpaired) electrons. The Morgan fingerprint density at radius 3 is 2.29 bits per heavy atom. The number of allylic oxidation sites excluding steroid dienone is 1. The molecule has 0 unspecified atom stereocenters. The van der Waals surface area contributed by atoms with E-state index < -0.39 is 0 Å². The standard InChI is InChI=1S/C4H7ClN2/c1-3(2-6)4(5)7/h2,6H,7H2,1H3/b4-3-,6-2?. The van der Waals surface area contributed by atoms with Gasteiger partial charge in [0.05, 0.1) is 0 Å². The van der Waals surface area contributed by atoms with Crippen LogP contribution in [-0.2, 0) is 0 Å². The van der Waals surface area contributed by atoms with E-state index in [1.807, 2.05) is 0 Å². The van der Waals surface area contributed by atoms with Gasteiger partial charge in [0.25, 0.3) is 0 Å². The maximum Gasteiger partial charge on any atom is 0.104 e. The summed E-state index contributed by atoms with van der Waals surface area (Å²) in [7, 11) is 0. The summed E-state index contributed by atoms with van der Waals surface area (Å²) in [5.74, 6) is 0. The van der Waals surface area contributed by atoms with E-state index in [9.17, 15) is 0 Å². The van der Waals surface area contributed by atoms with E-state index in [2.05, 4.69) is 0 Å². The third-order valence-corrected chi connectivity index (χ3v) is 0.891. The van der Waals surface area contributed by atoms with E-state index in [0.29, 0.717) is 5.57 Å². The van der Waals surface area contributed by atoms with Crippen LogP contribution < -0.4 is 5.73 Å². The van der Waals surface area contributed by atoms with E-state index in [1.165, 1.54) is 0 Å². The number of nitrogens with one attached hydrogen (secondary N) is 1. The van der Waals surface area contributed by atoms with Crippen molar-refractivity contribution in [3.63, 3.8) is 0 Å². The zero-order valence-electron chi connectivity index (χ0n) is 4.03. The van der Waals surface area contributed by atoms with Gasteiger partial charge in [0.15, 0.2) is 0 Å². The molecule has 0 aromatic carbocycles. The van der Waals surface area contributed by atoms with Gasteiger partial charge in [-0.25, -0.2) is 0 Å². The number of rotatable bonds is 1. The first-order chi connectivity index (χ1) is 3.18. The minimum atomic E-state index is 0.190. The van der Waals surface area contributed by atoms with Crippen molar-refractivity contribution in [3.8, 4) is 0 Å². The molecular formula is C4H7ClN2. The first-order valence-corrected chi connectivity index (χ1v) is 2.18. The first kappa shape index (κ1) is 6.50. The van der Waals surface area contributed by atoms with Crippen molar-refractivity contribution < 1.29 is 0 Å². The maximum absolute atomic E-state index is 6.59. The quantitative estimate of drug-likeness (QED) is 0.393. The second kappa shape index (κ2) is 2.64. The Bertz CT molecular complexity index is 102. The topological polar surface area (TPSA) is 49.9 Å². The first-order valence-electron chi connectivity index (χ1n) is 1.81. The van der Waals surface area contributed by atoms with Crippen LogP contribution in [0.5, 0.6) is 0 Å². The second-order valence-corrected chi connectivity index (χ2v) is 1.58. The number of hydrogen-bond acceptors (Lipinski definition) is 2. The van der Waals surface area contributed by atoms with Gasteiger partial charge in [-0.1, -0.05) is 11.6 Å². The summed E-state index contributed by atoms with van der Waals surface area (Å²) in [6, 6.07) is 0. The molecular weight excluding hydrogens is 112 g/mol. The smallest absolute Gasteiger partial charge is 0.104 e. The SMILES string of the molecule is C/C(C=N)=C(/N)Cl. The molecule has 0 aliphatic heterocycles. The highest BCUT2D eigenvalue weighted by molar-refractivity contribution is 6.30. The van der Waals surface area contributed by atoms with Crippen molar-refractivity contribution in [2.24, 2.45) is 5.73 Å². The zero-order chi connectivity index (χ0) is 5.86. The van der Waals surface area contributed by atoms with E-state index in [0.717, 1.165) is 6.21 Å². The van der Waals surface area contributed by atoms with Gasteiger partial charge >= 0.3 is 0 Å². The van der Waals surface area contributed by atoms with Crippen LogP contribution in [0.25, 0.3) is 0 Å². The van der Waals surface area contributed by atoms with Gasteiger partial charge in [-0.05, 0) is 6.92 Å². The van der Waals surface area contributed by atoms with Gasteiger partial charge in [0.1, 0.15) is 5.16 Å². The average Bonchev–Trinajstić information content (AvgIpc) is 1.65. The van der Waals surface area contributed by atoms with E-state index in [-0.39, 0.29) is 5.16 Å². The lowest BCUT2D eigenvalue weighted by Crippen LogP contribution is -1.92. The summed E-state index contributed by atoms with van der Waals surface area (Å²) < 4.78 is 0. The Labute approximate surface area is 47.5 Å². The van der Waals surface area contributed by atoms with E-state index in [1.54, 1.807) is 6.92 Å². The molecule has 0 fully saturated rings. The molecule has 0 bridgehead atoms. The lowest BCUT2D eigenvalue weighted by Gasteiger charge is -1.86. The molecule has 3 heteroatoms. The highest BCUT2D eigenvalue weighted by Gasteiger charge is 1.84. The summed E-state index contributed by atoms with van der Waals surface area (Å²) in [5.41, 5.74) is 5.64. The van der Waals surface area contributed by atoms with Crippen molar-refractivity contribution >= 4 is 17.8 Å². The lowest BCUT2D eigenvalue weighted by molar-refractivity contribution is 1.41. The molecule has 7 heavy (non-hydrogen) atoms. The van der Waals surface area contributed by atoms with Gasteiger partial charge in [0, 0.05) is 11.8 Å². The summed E-state index contributed by atoms with van der Waals surface area (Å²) in [6.45, 7) is 1.68. The van der Waals surface area contributed by atoms with E-state index in [4.69, 9.17) is 22.7 Å². The van der Waals surface area contributed by atoms with Gasteiger partial charge in [-0.15, -0.1) is 0 Å². The van der Waals surface area contributed by atoms with Gasteiger partial charge in [-0.3, -0.25) is 0 Å². The number of hydrogen-bond donors (Lipinski definition) is 2. The van der Waals surface area contributed by atoms with Crippen molar-refractivity contribution in [2.45, 2.75) is 6.92 Å². The molecule has 40 valence electrons. The average molecular weight is 119 g/mol. The number of nitrogens with two attached hydrogens (primary N) is 1. The zero-order valence-corrected chi connectivity index (χ0v) is 4.79. The Balaban J connectivity index is 3.98. The van der Waals surface area contributed by atoms with Crippen molar-refractivity contribution in [1.82, 2.24) is 0 Å². The molecule has 0 aromatic rings. The van der Waals surface area contributed by atoms with Gasteiger partial charge < -0.3 is 11.1 Å². The highest BCUT2D eigenvalue weighted by Crippen LogP contribution is 1.96. The normalized spacial score (nSPS) is 12.9. The minimum Gasteiger partial charge on any atom is -0.389 e. The highest BCUT2D eigenvalue weighted by atomic mass is 35.5. The van der Waals surface area contributed by atoms with Crippen molar-refractivity contribution in [2.75, 3.05) is 0 Å². The van der Waals surface area contributed by atoms with Crippen LogP contribution in [0.3, 0.4) is 0 Å². The molecule has 0 aromatic heterocycles. The summed E-state index contributed by atoms with van der Waals surface area (Å²) in [6.07, 6.45) is 1.11. The fourth-order valence-corrected chi connectivity index (χ4v) is 0.123. The fraction of sp³-hybridized carbons (Fsp3) is 0.250. The van der Waals surface area contributed by atoms with Crippen LogP contribution in [0.1, 0.15) is 6.92 Å². The fourth-order valence-electron chi connectivity index (χ4n) is 0.0689. The predicted molar refractivity (Wildman–Crippen MR) is 31.5 cm³/mol. The maximum atomic E-state index is 6.59. The summed E-state index contributed by atoms with van der Waals surface area (Å²) in [5, 5.41) is 6.78. The Morgan fingerprint density at radius 2 is 2.29 bits per heavy atom. The molecule has 3 N–H and O–H groups in total. The van der Waals surface area contributed by atoms with Crippen LogP contribution in [0, 0.1) is 5.41 Å². The third-order valence-electron chi connectivity index (χ3n) is 0.593. The minimum absolute atomic E-state index is 0.190. The van der Waals surface area contributed by atoms with Gasteiger partial charge in [-0.2, -0.15) is 0 Å². The second-order valence-electron chi connectivity index (χ2n) is 1.18. The Hall–Kier alpha value is -0.500. The van der Waals surface area contributed by atoms with E-state index >= 15 is 0 Å². The van der Waals surface area contributed by atoms with Crippen LogP contribution in [-0.4, -0.2) is 6.21 Å². The molecule has 0 aliphatic rings.